The summed E-state index contributed by atoms with van der Waals surface area (Å²) in [5.74, 6) is 0. The van der Waals surface area contributed by atoms with Gasteiger partial charge in [-0.3, -0.25) is 3.53 Å². The van der Waals surface area contributed by atoms with Gasteiger partial charge in [-0.1, -0.05) is 6.92 Å². The first-order valence-electron chi connectivity index (χ1n) is 2.45. The minimum Gasteiger partial charge on any atom is -0.338 e. The Morgan fingerprint density at radius 2 is 2.38 bits per heavy atom. The number of amides is 2. The Labute approximate surface area is 62.7 Å². The van der Waals surface area contributed by atoms with Crippen LogP contribution in [0.1, 0.15) is 13.3 Å². The van der Waals surface area contributed by atoms with Crippen molar-refractivity contribution in [2.75, 3.05) is 6.54 Å². The van der Waals surface area contributed by atoms with Crippen molar-refractivity contribution in [1.82, 2.24) is 8.85 Å². The van der Waals surface area contributed by atoms with Crippen LogP contribution in [-0.2, 0) is 0 Å². The van der Waals surface area contributed by atoms with E-state index in [1.165, 1.54) is 0 Å². The number of nitrogens with one attached hydrogen (secondary N) is 2. The fourth-order valence-corrected chi connectivity index (χ4v) is 0.463. The van der Waals surface area contributed by atoms with Crippen molar-refractivity contribution in [2.45, 2.75) is 13.3 Å². The van der Waals surface area contributed by atoms with Gasteiger partial charge in [0, 0.05) is 6.54 Å². The maximum atomic E-state index is 10.3. The van der Waals surface area contributed by atoms with Gasteiger partial charge in [0.2, 0.25) is 0 Å². The van der Waals surface area contributed by atoms with Crippen molar-refractivity contribution in [3.63, 3.8) is 0 Å². The molecule has 0 heterocycles. The minimum absolute atomic E-state index is 0.118. The van der Waals surface area contributed by atoms with E-state index < -0.39 is 0 Å². The SMILES string of the molecule is CCCNC(=O)NI. The van der Waals surface area contributed by atoms with Gasteiger partial charge in [0.15, 0.2) is 0 Å². The quantitative estimate of drug-likeness (QED) is 0.538. The van der Waals surface area contributed by atoms with Crippen LogP contribution in [0.4, 0.5) is 4.79 Å². The van der Waals surface area contributed by atoms with Crippen molar-refractivity contribution in [2.24, 2.45) is 0 Å². The van der Waals surface area contributed by atoms with E-state index in [0.717, 1.165) is 13.0 Å². The first-order chi connectivity index (χ1) is 3.81. The second kappa shape index (κ2) is 5.14. The van der Waals surface area contributed by atoms with Gasteiger partial charge in [-0.2, -0.15) is 0 Å². The average Bonchev–Trinajstić information content (AvgIpc) is 1.83. The molecule has 0 aromatic carbocycles. The normalized spacial score (nSPS) is 8.25. The van der Waals surface area contributed by atoms with Gasteiger partial charge < -0.3 is 5.32 Å². The van der Waals surface area contributed by atoms with Crippen LogP contribution < -0.4 is 8.85 Å². The number of halogens is 1. The van der Waals surface area contributed by atoms with Gasteiger partial charge in [0.1, 0.15) is 0 Å². The predicted octanol–water partition coefficient (Wildman–Crippen LogP) is 1.05. The van der Waals surface area contributed by atoms with Crippen LogP contribution in [0, 0.1) is 0 Å². The predicted molar refractivity (Wildman–Crippen MR) is 40.8 cm³/mol. The lowest BCUT2D eigenvalue weighted by Crippen LogP contribution is -2.29. The molecular formula is C4H9IN2O. The highest BCUT2D eigenvalue weighted by molar-refractivity contribution is 14.1. The number of carbonyl (C=O) groups is 1. The third kappa shape index (κ3) is 4.17. The smallest absolute Gasteiger partial charge is 0.323 e. The molecule has 0 aliphatic carbocycles. The summed E-state index contributed by atoms with van der Waals surface area (Å²) in [6.07, 6.45) is 0.976. The van der Waals surface area contributed by atoms with Crippen LogP contribution in [0.15, 0.2) is 0 Å². The number of rotatable bonds is 2. The highest BCUT2D eigenvalue weighted by atomic mass is 127. The van der Waals surface area contributed by atoms with Crippen molar-refractivity contribution in [3.05, 3.63) is 0 Å². The van der Waals surface area contributed by atoms with Gasteiger partial charge in [-0.25, -0.2) is 4.79 Å². The standard InChI is InChI=1S/C4H9IN2O/c1-2-3-6-4(8)7-5/h2-3H2,1H3,(H2,6,7,8). The van der Waals surface area contributed by atoms with E-state index >= 15 is 0 Å². The highest BCUT2D eigenvalue weighted by Gasteiger charge is 1.90. The number of hydrogen-bond donors (Lipinski definition) is 2. The van der Waals surface area contributed by atoms with Crippen molar-refractivity contribution >= 4 is 28.9 Å². The average molecular weight is 228 g/mol. The van der Waals surface area contributed by atoms with Gasteiger partial charge >= 0.3 is 6.03 Å². The van der Waals surface area contributed by atoms with Crippen molar-refractivity contribution in [1.29, 1.82) is 0 Å². The Bertz CT molecular complexity index is 76.4. The molecule has 0 aliphatic rings. The van der Waals surface area contributed by atoms with E-state index in [1.807, 2.05) is 6.92 Å². The summed E-state index contributed by atoms with van der Waals surface area (Å²) in [6.45, 7) is 2.75. The lowest BCUT2D eigenvalue weighted by molar-refractivity contribution is 0.247. The van der Waals surface area contributed by atoms with Crippen LogP contribution in [0.25, 0.3) is 0 Å². The first kappa shape index (κ1) is 8.00. The molecule has 0 saturated heterocycles. The molecule has 2 N–H and O–H groups in total. The summed E-state index contributed by atoms with van der Waals surface area (Å²) >= 11 is 1.79. The van der Waals surface area contributed by atoms with Gasteiger partial charge in [0.25, 0.3) is 0 Å². The van der Waals surface area contributed by atoms with Gasteiger partial charge in [-0.15, -0.1) is 0 Å². The lowest BCUT2D eigenvalue weighted by atomic mass is 10.5. The minimum atomic E-state index is -0.118. The summed E-state index contributed by atoms with van der Waals surface area (Å²) in [6, 6.07) is -0.118. The molecule has 0 aliphatic heterocycles. The van der Waals surface area contributed by atoms with E-state index in [4.69, 9.17) is 0 Å². The first-order valence-corrected chi connectivity index (χ1v) is 3.53. The summed E-state index contributed by atoms with van der Waals surface area (Å²) in [7, 11) is 0. The van der Waals surface area contributed by atoms with Crippen LogP contribution in [0.2, 0.25) is 0 Å². The van der Waals surface area contributed by atoms with E-state index in [0.29, 0.717) is 0 Å². The maximum absolute atomic E-state index is 10.3. The van der Waals surface area contributed by atoms with E-state index in [2.05, 4.69) is 8.85 Å². The molecule has 3 nitrogen and oxygen atoms in total. The molecule has 0 radical (unpaired) electrons. The Morgan fingerprint density at radius 1 is 1.75 bits per heavy atom. The molecule has 0 spiro atoms. The second-order valence-electron chi connectivity index (χ2n) is 1.35. The molecule has 0 aromatic heterocycles. The van der Waals surface area contributed by atoms with Crippen LogP contribution in [0.3, 0.4) is 0 Å². The van der Waals surface area contributed by atoms with Crippen LogP contribution in [0.5, 0.6) is 0 Å². The summed E-state index contributed by atoms with van der Waals surface area (Å²) in [5.41, 5.74) is 0. The highest BCUT2D eigenvalue weighted by Crippen LogP contribution is 1.73. The fourth-order valence-electron chi connectivity index (χ4n) is 0.272. The fraction of sp³-hybridized carbons (Fsp3) is 0.750. The molecule has 0 atom stereocenters. The number of urea groups is 1. The topological polar surface area (TPSA) is 41.1 Å². The maximum Gasteiger partial charge on any atom is 0.323 e. The Morgan fingerprint density at radius 3 is 2.75 bits per heavy atom. The van der Waals surface area contributed by atoms with Crippen molar-refractivity contribution in [3.8, 4) is 0 Å². The Hall–Kier alpha value is 0. The van der Waals surface area contributed by atoms with Crippen LogP contribution in [-0.4, -0.2) is 12.6 Å². The Kier molecular flexibility index (Phi) is 5.14. The molecule has 0 fully saturated rings. The van der Waals surface area contributed by atoms with E-state index in [-0.39, 0.29) is 6.03 Å². The molecule has 0 aromatic rings. The molecule has 0 rings (SSSR count). The molecule has 48 valence electrons. The molecular weight excluding hydrogens is 219 g/mol. The molecule has 8 heavy (non-hydrogen) atoms. The lowest BCUT2D eigenvalue weighted by Gasteiger charge is -1.97. The number of hydrogen-bond acceptors (Lipinski definition) is 1. The summed E-state index contributed by atoms with van der Waals surface area (Å²) < 4.78 is 2.42. The van der Waals surface area contributed by atoms with Gasteiger partial charge in [0.05, 0.1) is 22.9 Å². The zero-order valence-corrected chi connectivity index (χ0v) is 6.86. The summed E-state index contributed by atoms with van der Waals surface area (Å²) in [5, 5.41) is 2.62. The molecule has 0 saturated carbocycles. The zero-order chi connectivity index (χ0) is 6.41. The van der Waals surface area contributed by atoms with E-state index in [1.54, 1.807) is 22.9 Å². The number of carbonyl (C=O) groups excluding carboxylic acids is 1. The zero-order valence-electron chi connectivity index (χ0n) is 4.70. The second-order valence-corrected chi connectivity index (χ2v) is 1.89. The summed E-state index contributed by atoms with van der Waals surface area (Å²) in [4.78, 5) is 10.3. The molecule has 4 heteroatoms. The molecule has 0 bridgehead atoms. The van der Waals surface area contributed by atoms with Crippen molar-refractivity contribution < 1.29 is 4.79 Å². The monoisotopic (exact) mass is 228 g/mol. The third-order valence-corrected chi connectivity index (χ3v) is 1.11. The third-order valence-electron chi connectivity index (χ3n) is 0.621. The van der Waals surface area contributed by atoms with Gasteiger partial charge in [-0.05, 0) is 6.42 Å². The molecule has 2 amide bonds. The Balaban J connectivity index is 2.99. The largest absolute Gasteiger partial charge is 0.338 e. The van der Waals surface area contributed by atoms with E-state index in [9.17, 15) is 4.79 Å². The van der Waals surface area contributed by atoms with Crippen LogP contribution >= 0.6 is 22.9 Å². The molecule has 0 unspecified atom stereocenters.